The first-order valence-electron chi connectivity index (χ1n) is 10.7. The van der Waals surface area contributed by atoms with E-state index in [2.05, 4.69) is 0 Å². The highest BCUT2D eigenvalue weighted by Gasteiger charge is 2.55. The van der Waals surface area contributed by atoms with Crippen LogP contribution in [0.1, 0.15) is 74.2 Å². The molecule has 4 aliphatic carbocycles. The van der Waals surface area contributed by atoms with E-state index in [1.807, 2.05) is 19.1 Å². The number of hydrogen-bond donors (Lipinski definition) is 0. The molecule has 0 spiro atoms. The Bertz CT molecular complexity index is 741. The molecule has 4 bridgehead atoms. The summed E-state index contributed by atoms with van der Waals surface area (Å²) < 4.78 is 5.47. The molecule has 4 saturated carbocycles. The van der Waals surface area contributed by atoms with E-state index >= 15 is 0 Å². The molecule has 1 aromatic carbocycles. The minimum absolute atomic E-state index is 0.0191. The molecule has 4 aliphatic rings. The Morgan fingerprint density at radius 1 is 0.964 bits per heavy atom. The Morgan fingerprint density at radius 3 is 2.04 bits per heavy atom. The number of carbonyl (C=O) groups excluding carboxylic acids is 3. The van der Waals surface area contributed by atoms with E-state index in [1.54, 1.807) is 19.1 Å². The fraction of sp³-hybridized carbons (Fsp3) is 0.625. The lowest BCUT2D eigenvalue weighted by Crippen LogP contribution is -2.52. The van der Waals surface area contributed by atoms with Crippen molar-refractivity contribution in [3.63, 3.8) is 0 Å². The molecule has 4 fully saturated rings. The second kappa shape index (κ2) is 7.46. The smallest absolute Gasteiger partial charge is 0.306 e. The second-order valence-electron chi connectivity index (χ2n) is 9.48. The van der Waals surface area contributed by atoms with Crippen LogP contribution in [0.25, 0.3) is 0 Å². The van der Waals surface area contributed by atoms with Gasteiger partial charge in [0.05, 0.1) is 6.42 Å². The quantitative estimate of drug-likeness (QED) is 0.508. The number of ketones is 2. The van der Waals surface area contributed by atoms with Gasteiger partial charge < -0.3 is 4.74 Å². The minimum Gasteiger partial charge on any atom is -0.455 e. The van der Waals surface area contributed by atoms with Crippen LogP contribution in [0.15, 0.2) is 24.3 Å². The van der Waals surface area contributed by atoms with E-state index < -0.39 is 12.1 Å². The number of aryl methyl sites for hydroxylation is 1. The molecule has 150 valence electrons. The van der Waals surface area contributed by atoms with Crippen molar-refractivity contribution in [1.29, 1.82) is 0 Å². The zero-order valence-electron chi connectivity index (χ0n) is 16.9. The van der Waals surface area contributed by atoms with Crippen LogP contribution in [0.2, 0.25) is 0 Å². The molecule has 0 amide bonds. The molecule has 0 N–H and O–H groups in total. The van der Waals surface area contributed by atoms with Crippen LogP contribution in [0, 0.1) is 30.1 Å². The molecule has 4 heteroatoms. The lowest BCUT2D eigenvalue weighted by Gasteiger charge is -2.56. The van der Waals surface area contributed by atoms with Gasteiger partial charge in [-0.05, 0) is 70.1 Å². The van der Waals surface area contributed by atoms with Crippen molar-refractivity contribution in [1.82, 2.24) is 0 Å². The molecule has 0 radical (unpaired) electrons. The van der Waals surface area contributed by atoms with Crippen LogP contribution in [0.3, 0.4) is 0 Å². The summed E-state index contributed by atoms with van der Waals surface area (Å²) in [6.07, 6.45) is 6.19. The highest BCUT2D eigenvalue weighted by atomic mass is 16.5. The summed E-state index contributed by atoms with van der Waals surface area (Å²) in [6, 6.07) is 7.33. The maximum atomic E-state index is 13.2. The first kappa shape index (κ1) is 19.4. The van der Waals surface area contributed by atoms with Crippen molar-refractivity contribution < 1.29 is 19.1 Å². The molecule has 0 saturated heterocycles. The molecule has 0 aromatic heterocycles. The fourth-order valence-corrected chi connectivity index (χ4v) is 6.25. The van der Waals surface area contributed by atoms with E-state index in [9.17, 15) is 14.4 Å². The molecule has 1 atom stereocenters. The summed E-state index contributed by atoms with van der Waals surface area (Å²) in [7, 11) is 0. The Kier molecular flexibility index (Phi) is 5.15. The Balaban J connectivity index is 1.30. The number of esters is 1. The first-order chi connectivity index (χ1) is 13.3. The standard InChI is InChI=1S/C24H30O4/c1-15-3-5-20(6-4-15)21(25)7-8-22(26)28-16(2)23(27)24-12-17-9-18(13-24)11-19(10-17)14-24/h3-6,16-19H,7-14H2,1-2H3. The SMILES string of the molecule is Cc1ccc(C(=O)CCC(=O)OC(C)C(=O)C23CC4CC(CC(C4)C2)C3)cc1. The number of carbonyl (C=O) groups is 3. The van der Waals surface area contributed by atoms with Gasteiger partial charge >= 0.3 is 5.97 Å². The van der Waals surface area contributed by atoms with E-state index in [0.717, 1.165) is 24.8 Å². The highest BCUT2D eigenvalue weighted by molar-refractivity contribution is 5.98. The van der Waals surface area contributed by atoms with Crippen LogP contribution in [0.4, 0.5) is 0 Å². The monoisotopic (exact) mass is 382 g/mol. The Labute approximate surface area is 167 Å². The predicted octanol–water partition coefficient (Wildman–Crippen LogP) is 4.68. The molecule has 5 rings (SSSR count). The lowest BCUT2D eigenvalue weighted by molar-refractivity contribution is -0.164. The molecule has 1 unspecified atom stereocenters. The first-order valence-corrected chi connectivity index (χ1v) is 10.7. The maximum absolute atomic E-state index is 13.2. The topological polar surface area (TPSA) is 60.4 Å². The average Bonchev–Trinajstić information content (AvgIpc) is 2.65. The summed E-state index contributed by atoms with van der Waals surface area (Å²) in [5.41, 5.74) is 1.44. The molecular weight excluding hydrogens is 352 g/mol. The molecule has 1 aromatic rings. The molecule has 0 heterocycles. The van der Waals surface area contributed by atoms with Gasteiger partial charge in [-0.1, -0.05) is 29.8 Å². The van der Waals surface area contributed by atoms with E-state index in [4.69, 9.17) is 4.74 Å². The third-order valence-electron chi connectivity index (χ3n) is 7.17. The van der Waals surface area contributed by atoms with Crippen LogP contribution in [0.5, 0.6) is 0 Å². The Hall–Kier alpha value is -1.97. The van der Waals surface area contributed by atoms with Crippen molar-refractivity contribution >= 4 is 17.5 Å². The molecule has 28 heavy (non-hydrogen) atoms. The molecule has 0 aliphatic heterocycles. The summed E-state index contributed by atoms with van der Waals surface area (Å²) in [6.45, 7) is 3.68. The highest BCUT2D eigenvalue weighted by Crippen LogP contribution is 2.60. The number of ether oxygens (including phenoxy) is 1. The lowest BCUT2D eigenvalue weighted by atomic mass is 9.48. The largest absolute Gasteiger partial charge is 0.455 e. The number of rotatable bonds is 7. The van der Waals surface area contributed by atoms with Gasteiger partial charge in [0.25, 0.3) is 0 Å². The van der Waals surface area contributed by atoms with Crippen LogP contribution < -0.4 is 0 Å². The van der Waals surface area contributed by atoms with Gasteiger partial charge in [-0.15, -0.1) is 0 Å². The van der Waals surface area contributed by atoms with Crippen molar-refractivity contribution in [3.05, 3.63) is 35.4 Å². The second-order valence-corrected chi connectivity index (χ2v) is 9.48. The molecular formula is C24H30O4. The van der Waals surface area contributed by atoms with Gasteiger partial charge in [-0.25, -0.2) is 0 Å². The number of Topliss-reactive ketones (excluding diaryl/α,β-unsaturated/α-hetero) is 2. The normalized spacial score (nSPS) is 31.4. The van der Waals surface area contributed by atoms with Crippen LogP contribution >= 0.6 is 0 Å². The fourth-order valence-electron chi connectivity index (χ4n) is 6.25. The van der Waals surface area contributed by atoms with Gasteiger partial charge in [0.2, 0.25) is 0 Å². The van der Waals surface area contributed by atoms with E-state index in [1.165, 1.54) is 19.3 Å². The van der Waals surface area contributed by atoms with Gasteiger partial charge in [-0.2, -0.15) is 0 Å². The van der Waals surface area contributed by atoms with Gasteiger partial charge in [0.15, 0.2) is 17.7 Å². The Morgan fingerprint density at radius 2 is 1.50 bits per heavy atom. The van der Waals surface area contributed by atoms with Crippen molar-refractivity contribution in [2.75, 3.05) is 0 Å². The zero-order chi connectivity index (χ0) is 19.9. The average molecular weight is 383 g/mol. The third kappa shape index (κ3) is 3.78. The van der Waals surface area contributed by atoms with E-state index in [0.29, 0.717) is 23.3 Å². The maximum Gasteiger partial charge on any atom is 0.306 e. The molecule has 4 nitrogen and oxygen atoms in total. The van der Waals surface area contributed by atoms with Gasteiger partial charge in [-0.3, -0.25) is 14.4 Å². The number of hydrogen-bond acceptors (Lipinski definition) is 4. The van der Waals surface area contributed by atoms with Gasteiger partial charge in [0.1, 0.15) is 0 Å². The summed E-state index contributed by atoms with van der Waals surface area (Å²) in [4.78, 5) is 37.7. The predicted molar refractivity (Wildman–Crippen MR) is 106 cm³/mol. The van der Waals surface area contributed by atoms with Gasteiger partial charge in [0, 0.05) is 17.4 Å². The minimum atomic E-state index is -0.710. The van der Waals surface area contributed by atoms with E-state index in [-0.39, 0.29) is 29.8 Å². The summed E-state index contributed by atoms with van der Waals surface area (Å²) >= 11 is 0. The van der Waals surface area contributed by atoms with Crippen molar-refractivity contribution in [2.45, 2.75) is 71.3 Å². The van der Waals surface area contributed by atoms with Crippen molar-refractivity contribution in [3.8, 4) is 0 Å². The third-order valence-corrected chi connectivity index (χ3v) is 7.17. The van der Waals surface area contributed by atoms with Crippen LogP contribution in [-0.2, 0) is 14.3 Å². The van der Waals surface area contributed by atoms with Crippen molar-refractivity contribution in [2.24, 2.45) is 23.2 Å². The summed E-state index contributed by atoms with van der Waals surface area (Å²) in [5, 5.41) is 0. The summed E-state index contributed by atoms with van der Waals surface area (Å²) in [5.74, 6) is 1.65. The number of benzene rings is 1. The van der Waals surface area contributed by atoms with Crippen LogP contribution in [-0.4, -0.2) is 23.6 Å². The zero-order valence-corrected chi connectivity index (χ0v) is 16.9.